The summed E-state index contributed by atoms with van der Waals surface area (Å²) in [6, 6.07) is 23.3. The van der Waals surface area contributed by atoms with Gasteiger partial charge in [-0.2, -0.15) is 8.78 Å². The second-order valence-corrected chi connectivity index (χ2v) is 7.31. The van der Waals surface area contributed by atoms with E-state index < -0.39 is 17.9 Å². The molecule has 34 heavy (non-hydrogen) atoms. The van der Waals surface area contributed by atoms with E-state index in [-0.39, 0.29) is 16.4 Å². The van der Waals surface area contributed by atoms with Crippen molar-refractivity contribution in [3.63, 3.8) is 0 Å². The maximum Gasteiger partial charge on any atom is 0.484 e. The molecular formula is C24H21F2N3O4S. The monoisotopic (exact) mass is 485 g/mol. The highest BCUT2D eigenvalue weighted by molar-refractivity contribution is 7.80. The fourth-order valence-electron chi connectivity index (χ4n) is 2.71. The largest absolute Gasteiger partial charge is 0.493 e. The second-order valence-electron chi connectivity index (χ2n) is 6.90. The number of halogens is 2. The van der Waals surface area contributed by atoms with Crippen molar-refractivity contribution in [1.29, 1.82) is 0 Å². The molecule has 0 unspecified atom stereocenters. The van der Waals surface area contributed by atoms with Gasteiger partial charge in [-0.25, -0.2) is 0 Å². The summed E-state index contributed by atoms with van der Waals surface area (Å²) in [7, 11) is 0. The van der Waals surface area contributed by atoms with Crippen LogP contribution in [0.1, 0.15) is 15.9 Å². The van der Waals surface area contributed by atoms with Gasteiger partial charge in [-0.3, -0.25) is 25.8 Å². The first-order valence-electron chi connectivity index (χ1n) is 10.1. The number of amides is 2. The van der Waals surface area contributed by atoms with Gasteiger partial charge in [0, 0.05) is 12.0 Å². The molecule has 3 rings (SSSR count). The van der Waals surface area contributed by atoms with E-state index in [1.807, 2.05) is 35.8 Å². The highest BCUT2D eigenvalue weighted by Gasteiger charge is 2.42. The Hall–Kier alpha value is -4.05. The van der Waals surface area contributed by atoms with Gasteiger partial charge in [-0.05, 0) is 54.2 Å². The van der Waals surface area contributed by atoms with E-state index in [1.54, 1.807) is 23.6 Å². The molecule has 0 aliphatic rings. The number of carbonyl (C=O) groups is 2. The number of thiocarbonyl (C=S) groups is 1. The molecule has 0 bridgehead atoms. The highest BCUT2D eigenvalue weighted by atomic mass is 32.1. The fourth-order valence-corrected chi connectivity index (χ4v) is 2.85. The van der Waals surface area contributed by atoms with E-state index >= 15 is 0 Å². The molecule has 0 heterocycles. The smallest absolute Gasteiger partial charge is 0.484 e. The topological polar surface area (TPSA) is 88.7 Å². The van der Waals surface area contributed by atoms with Gasteiger partial charge in [-0.1, -0.05) is 48.5 Å². The van der Waals surface area contributed by atoms with Crippen molar-refractivity contribution in [1.82, 2.24) is 16.2 Å². The summed E-state index contributed by atoms with van der Waals surface area (Å²) in [5.41, 5.74) is 5.15. The lowest BCUT2D eigenvalue weighted by Gasteiger charge is -2.18. The van der Waals surface area contributed by atoms with E-state index in [4.69, 9.17) is 17.0 Å². The van der Waals surface area contributed by atoms with Gasteiger partial charge < -0.3 is 9.47 Å². The first kappa shape index (κ1) is 24.6. The van der Waals surface area contributed by atoms with Crippen LogP contribution in [0.25, 0.3) is 0 Å². The number of rotatable bonds is 8. The van der Waals surface area contributed by atoms with Gasteiger partial charge in [0.05, 0.1) is 6.61 Å². The molecule has 0 saturated carbocycles. The maximum absolute atomic E-state index is 13.9. The molecule has 7 nitrogen and oxygen atoms in total. The molecule has 0 spiro atoms. The summed E-state index contributed by atoms with van der Waals surface area (Å²) in [5.74, 6) is -1.99. The summed E-state index contributed by atoms with van der Waals surface area (Å²) in [6.45, 7) is 0.474. The van der Waals surface area contributed by atoms with Crippen LogP contribution in [0.5, 0.6) is 11.5 Å². The lowest BCUT2D eigenvalue weighted by Crippen LogP contribution is -2.54. The van der Waals surface area contributed by atoms with Crippen molar-refractivity contribution in [2.24, 2.45) is 0 Å². The Labute approximate surface area is 200 Å². The Morgan fingerprint density at radius 2 is 1.44 bits per heavy atom. The van der Waals surface area contributed by atoms with Crippen LogP contribution in [-0.2, 0) is 11.2 Å². The molecule has 0 atom stereocenters. The molecule has 0 aromatic heterocycles. The number of hydrogen-bond acceptors (Lipinski definition) is 5. The standard InChI is InChI=1S/C24H21F2N3O4S/c25-24(26,33-20-9-5-2-6-10-20)22(31)28-29-23(34)27-21(30)18-11-13-19(14-12-18)32-16-15-17-7-3-1-4-8-17/h1-14H,15-16H2,(H,28,31)(H2,27,29,30,34). The van der Waals surface area contributed by atoms with Crippen LogP contribution < -0.4 is 25.6 Å². The van der Waals surface area contributed by atoms with Crippen LogP contribution in [-0.4, -0.2) is 29.6 Å². The molecule has 0 radical (unpaired) electrons. The third-order valence-electron chi connectivity index (χ3n) is 4.39. The van der Waals surface area contributed by atoms with Crippen LogP contribution in [0.3, 0.4) is 0 Å². The van der Waals surface area contributed by atoms with Crippen LogP contribution in [0.2, 0.25) is 0 Å². The molecule has 3 aromatic carbocycles. The van der Waals surface area contributed by atoms with E-state index in [2.05, 4.69) is 10.1 Å². The highest BCUT2D eigenvalue weighted by Crippen LogP contribution is 2.21. The van der Waals surface area contributed by atoms with E-state index in [0.717, 1.165) is 12.0 Å². The molecule has 0 saturated heterocycles. The zero-order valence-corrected chi connectivity index (χ0v) is 18.6. The lowest BCUT2D eigenvalue weighted by atomic mass is 10.2. The number of ether oxygens (including phenoxy) is 2. The summed E-state index contributed by atoms with van der Waals surface area (Å²) in [6.07, 6.45) is -3.42. The lowest BCUT2D eigenvalue weighted by molar-refractivity contribution is -0.193. The van der Waals surface area contributed by atoms with Crippen LogP contribution in [0.15, 0.2) is 84.9 Å². The van der Waals surface area contributed by atoms with Crippen molar-refractivity contribution in [3.8, 4) is 11.5 Å². The molecule has 3 N–H and O–H groups in total. The molecule has 176 valence electrons. The van der Waals surface area contributed by atoms with Crippen LogP contribution in [0, 0.1) is 0 Å². The van der Waals surface area contributed by atoms with E-state index in [1.165, 1.54) is 36.4 Å². The number of para-hydroxylation sites is 1. The van der Waals surface area contributed by atoms with Crippen LogP contribution >= 0.6 is 12.2 Å². The average Bonchev–Trinajstić information content (AvgIpc) is 2.84. The predicted molar refractivity (Wildman–Crippen MR) is 125 cm³/mol. The quantitative estimate of drug-likeness (QED) is 0.334. The van der Waals surface area contributed by atoms with Gasteiger partial charge in [-0.15, -0.1) is 0 Å². The molecular weight excluding hydrogens is 464 g/mol. The van der Waals surface area contributed by atoms with Crippen molar-refractivity contribution in [2.75, 3.05) is 6.61 Å². The number of benzene rings is 3. The summed E-state index contributed by atoms with van der Waals surface area (Å²) >= 11 is 4.86. The average molecular weight is 486 g/mol. The molecule has 2 amide bonds. The molecule has 10 heteroatoms. The normalized spacial score (nSPS) is 10.6. The minimum atomic E-state index is -4.16. The van der Waals surface area contributed by atoms with Crippen molar-refractivity contribution < 1.29 is 27.8 Å². The van der Waals surface area contributed by atoms with Gasteiger partial charge in [0.25, 0.3) is 5.91 Å². The Morgan fingerprint density at radius 1 is 0.824 bits per heavy atom. The first-order chi connectivity index (χ1) is 16.3. The minimum Gasteiger partial charge on any atom is -0.493 e. The van der Waals surface area contributed by atoms with Gasteiger partial charge in [0.1, 0.15) is 11.5 Å². The van der Waals surface area contributed by atoms with Crippen LogP contribution in [0.4, 0.5) is 8.78 Å². The molecule has 3 aromatic rings. The Kier molecular flexibility index (Phi) is 8.47. The van der Waals surface area contributed by atoms with Gasteiger partial charge in [0.15, 0.2) is 5.11 Å². The van der Waals surface area contributed by atoms with Crippen molar-refractivity contribution >= 4 is 29.1 Å². The minimum absolute atomic E-state index is 0.189. The number of hydrogen-bond donors (Lipinski definition) is 3. The third kappa shape index (κ3) is 7.52. The number of hydrazine groups is 1. The second kappa shape index (κ2) is 11.7. The number of carbonyl (C=O) groups excluding carboxylic acids is 2. The van der Waals surface area contributed by atoms with E-state index in [0.29, 0.717) is 12.4 Å². The van der Waals surface area contributed by atoms with Crippen molar-refractivity contribution in [2.45, 2.75) is 12.5 Å². The summed E-state index contributed by atoms with van der Waals surface area (Å²) in [4.78, 5) is 24.0. The SMILES string of the molecule is O=C(NC(=S)NNC(=O)C(F)(F)Oc1ccccc1)c1ccc(OCCc2ccccc2)cc1. The van der Waals surface area contributed by atoms with Gasteiger partial charge >= 0.3 is 12.0 Å². The third-order valence-corrected chi connectivity index (χ3v) is 4.59. The Bertz CT molecular complexity index is 1110. The Balaban J connectivity index is 1.42. The molecule has 0 aliphatic carbocycles. The van der Waals surface area contributed by atoms with Gasteiger partial charge in [0.2, 0.25) is 0 Å². The van der Waals surface area contributed by atoms with Crippen molar-refractivity contribution in [3.05, 3.63) is 96.1 Å². The molecule has 0 aliphatic heterocycles. The predicted octanol–water partition coefficient (Wildman–Crippen LogP) is 3.62. The van der Waals surface area contributed by atoms with E-state index in [9.17, 15) is 18.4 Å². The summed E-state index contributed by atoms with van der Waals surface area (Å²) in [5, 5.41) is 1.90. The summed E-state index contributed by atoms with van der Waals surface area (Å²) < 4.78 is 37.8. The number of nitrogens with one attached hydrogen (secondary N) is 3. The Morgan fingerprint density at radius 3 is 2.09 bits per heavy atom. The number of alkyl halides is 2. The maximum atomic E-state index is 13.9. The zero-order chi connectivity index (χ0) is 24.4. The zero-order valence-electron chi connectivity index (χ0n) is 17.8. The fraction of sp³-hybridized carbons (Fsp3) is 0.125. The molecule has 0 fully saturated rings. The first-order valence-corrected chi connectivity index (χ1v) is 10.5.